The summed E-state index contributed by atoms with van der Waals surface area (Å²) in [5.41, 5.74) is -0.705. The van der Waals surface area contributed by atoms with Gasteiger partial charge >= 0.3 is 5.97 Å². The smallest absolute Gasteiger partial charge is 0.310 e. The zero-order chi connectivity index (χ0) is 14.4. The first-order valence-electron chi connectivity index (χ1n) is 5.45. The van der Waals surface area contributed by atoms with Crippen molar-refractivity contribution in [2.24, 2.45) is 0 Å². The predicted molar refractivity (Wildman–Crippen MR) is 60.8 cm³/mol. The van der Waals surface area contributed by atoms with Crippen LogP contribution in [0.25, 0.3) is 0 Å². The average Bonchev–Trinajstić information content (AvgIpc) is 2.38. The van der Waals surface area contributed by atoms with Crippen LogP contribution in [0.15, 0.2) is 6.07 Å². The Morgan fingerprint density at radius 1 is 1.58 bits per heavy atom. The van der Waals surface area contributed by atoms with E-state index in [4.69, 9.17) is 14.7 Å². The normalized spacial score (nSPS) is 10.1. The number of rotatable bonds is 5. The van der Waals surface area contributed by atoms with Gasteiger partial charge < -0.3 is 9.47 Å². The number of carbonyl (C=O) groups excluding carboxylic acids is 1. The Morgan fingerprint density at radius 3 is 2.74 bits per heavy atom. The summed E-state index contributed by atoms with van der Waals surface area (Å²) in [7, 11) is 1.25. The largest absolute Gasteiger partial charge is 0.481 e. The van der Waals surface area contributed by atoms with Crippen LogP contribution < -0.4 is 4.74 Å². The number of carbonyl (C=O) groups is 1. The highest BCUT2D eigenvalue weighted by Gasteiger charge is 2.20. The van der Waals surface area contributed by atoms with E-state index in [1.54, 1.807) is 13.0 Å². The van der Waals surface area contributed by atoms with Gasteiger partial charge in [-0.25, -0.2) is 13.8 Å². The molecule has 5 nitrogen and oxygen atoms in total. The molecule has 0 amide bonds. The number of nitrogens with zero attached hydrogens (tertiary/aromatic N) is 2. The molecule has 0 bridgehead atoms. The first kappa shape index (κ1) is 14.8. The second-order valence-electron chi connectivity index (χ2n) is 3.48. The first-order chi connectivity index (χ1) is 9.03. The number of hydrogen-bond donors (Lipinski definition) is 0. The van der Waals surface area contributed by atoms with E-state index in [0.717, 1.165) is 0 Å². The lowest BCUT2D eigenvalue weighted by Gasteiger charge is -2.10. The first-order valence-corrected chi connectivity index (χ1v) is 5.45. The van der Waals surface area contributed by atoms with Crippen LogP contribution in [0.5, 0.6) is 5.88 Å². The molecule has 0 fully saturated rings. The number of ether oxygens (including phenoxy) is 2. The Labute approximate surface area is 108 Å². The van der Waals surface area contributed by atoms with Gasteiger partial charge in [0.25, 0.3) is 6.43 Å². The Balaban J connectivity index is 3.18. The summed E-state index contributed by atoms with van der Waals surface area (Å²) in [4.78, 5) is 14.9. The van der Waals surface area contributed by atoms with Gasteiger partial charge in [-0.1, -0.05) is 0 Å². The third kappa shape index (κ3) is 3.61. The van der Waals surface area contributed by atoms with Crippen LogP contribution >= 0.6 is 0 Å². The summed E-state index contributed by atoms with van der Waals surface area (Å²) in [6, 6.07) is 2.79. The Kier molecular flexibility index (Phi) is 5.18. The minimum Gasteiger partial charge on any atom is -0.481 e. The highest BCUT2D eigenvalue weighted by atomic mass is 19.3. The van der Waals surface area contributed by atoms with Gasteiger partial charge in [-0.3, -0.25) is 4.79 Å². The quantitative estimate of drug-likeness (QED) is 0.765. The Bertz CT molecular complexity index is 512. The molecule has 0 aliphatic rings. The second kappa shape index (κ2) is 6.64. The molecule has 1 rings (SSSR count). The molecular formula is C12H12F2N2O3. The number of hydrogen-bond acceptors (Lipinski definition) is 5. The Hall–Kier alpha value is -2.23. The molecule has 0 saturated carbocycles. The van der Waals surface area contributed by atoms with Gasteiger partial charge in [-0.15, -0.1) is 0 Å². The zero-order valence-corrected chi connectivity index (χ0v) is 10.4. The molecule has 0 saturated heterocycles. The molecule has 0 N–H and O–H groups in total. The number of aromatic nitrogens is 1. The molecule has 0 unspecified atom stereocenters. The molecule has 7 heteroatoms. The molecule has 1 aromatic rings. The summed E-state index contributed by atoms with van der Waals surface area (Å²) in [5, 5.41) is 8.81. The van der Waals surface area contributed by atoms with Gasteiger partial charge in [0.2, 0.25) is 5.88 Å². The molecule has 1 heterocycles. The fourth-order valence-corrected chi connectivity index (χ4v) is 1.48. The maximum atomic E-state index is 12.7. The number of methoxy groups -OCH3 is 1. The van der Waals surface area contributed by atoms with E-state index < -0.39 is 18.1 Å². The van der Waals surface area contributed by atoms with Crippen LogP contribution in [0.3, 0.4) is 0 Å². The average molecular weight is 270 g/mol. The van der Waals surface area contributed by atoms with Crippen molar-refractivity contribution in [3.05, 3.63) is 22.9 Å². The number of esters is 1. The van der Waals surface area contributed by atoms with Crippen LogP contribution in [0.2, 0.25) is 0 Å². The molecule has 102 valence electrons. The molecular weight excluding hydrogens is 258 g/mol. The van der Waals surface area contributed by atoms with Crippen LogP contribution in [0, 0.1) is 11.3 Å². The topological polar surface area (TPSA) is 72.2 Å². The van der Waals surface area contributed by atoms with Crippen LogP contribution in [-0.2, 0) is 16.0 Å². The van der Waals surface area contributed by atoms with E-state index in [2.05, 4.69) is 4.98 Å². The molecule has 0 aromatic carbocycles. The lowest BCUT2D eigenvalue weighted by Crippen LogP contribution is -2.10. The number of halogens is 2. The highest BCUT2D eigenvalue weighted by molar-refractivity contribution is 5.73. The standard InChI is InChI=1S/C12H12F2N2O3/c1-3-19-9(17)5-7-4-8(6-15)10(11(13)14)16-12(7)18-2/h4,11H,3,5H2,1-2H3. The van der Waals surface area contributed by atoms with Gasteiger partial charge in [0.1, 0.15) is 11.8 Å². The maximum absolute atomic E-state index is 12.7. The van der Waals surface area contributed by atoms with Crippen LogP contribution in [-0.4, -0.2) is 24.7 Å². The monoisotopic (exact) mass is 270 g/mol. The zero-order valence-electron chi connectivity index (χ0n) is 10.4. The molecule has 0 aliphatic carbocycles. The second-order valence-corrected chi connectivity index (χ2v) is 3.48. The van der Waals surface area contributed by atoms with Crippen molar-refractivity contribution in [2.45, 2.75) is 19.8 Å². The Morgan fingerprint density at radius 2 is 2.26 bits per heavy atom. The molecule has 0 spiro atoms. The minimum atomic E-state index is -2.89. The van der Waals surface area contributed by atoms with E-state index in [0.29, 0.717) is 0 Å². The summed E-state index contributed by atoms with van der Waals surface area (Å²) < 4.78 is 35.0. The molecule has 0 radical (unpaired) electrons. The summed E-state index contributed by atoms with van der Waals surface area (Å²) in [6.45, 7) is 1.85. The molecule has 0 aliphatic heterocycles. The number of nitriles is 1. The van der Waals surface area contributed by atoms with E-state index in [1.165, 1.54) is 13.2 Å². The van der Waals surface area contributed by atoms with Crippen molar-refractivity contribution >= 4 is 5.97 Å². The van der Waals surface area contributed by atoms with Gasteiger partial charge in [0.15, 0.2) is 0 Å². The van der Waals surface area contributed by atoms with Crippen molar-refractivity contribution in [3.8, 4) is 11.9 Å². The van der Waals surface area contributed by atoms with Crippen molar-refractivity contribution in [1.29, 1.82) is 5.26 Å². The fraction of sp³-hybridized carbons (Fsp3) is 0.417. The van der Waals surface area contributed by atoms with Crippen LogP contribution in [0.1, 0.15) is 30.2 Å². The van der Waals surface area contributed by atoms with Crippen molar-refractivity contribution < 1.29 is 23.0 Å². The van der Waals surface area contributed by atoms with E-state index in [-0.39, 0.29) is 30.0 Å². The van der Waals surface area contributed by atoms with Crippen molar-refractivity contribution in [1.82, 2.24) is 4.98 Å². The van der Waals surface area contributed by atoms with E-state index in [1.807, 2.05) is 0 Å². The lowest BCUT2D eigenvalue weighted by atomic mass is 10.1. The summed E-state index contributed by atoms with van der Waals surface area (Å²) >= 11 is 0. The lowest BCUT2D eigenvalue weighted by molar-refractivity contribution is -0.142. The maximum Gasteiger partial charge on any atom is 0.310 e. The van der Waals surface area contributed by atoms with Gasteiger partial charge in [-0.2, -0.15) is 5.26 Å². The SMILES string of the molecule is CCOC(=O)Cc1cc(C#N)c(C(F)F)nc1OC. The van der Waals surface area contributed by atoms with Crippen molar-refractivity contribution in [3.63, 3.8) is 0 Å². The van der Waals surface area contributed by atoms with Gasteiger partial charge in [0.05, 0.1) is 25.7 Å². The highest BCUT2D eigenvalue weighted by Crippen LogP contribution is 2.26. The third-order valence-electron chi connectivity index (χ3n) is 2.25. The van der Waals surface area contributed by atoms with Crippen LogP contribution in [0.4, 0.5) is 8.78 Å². The summed E-state index contributed by atoms with van der Waals surface area (Å²) in [6.07, 6.45) is -3.08. The molecule has 1 aromatic heterocycles. The predicted octanol–water partition coefficient (Wildman–Crippen LogP) is 2.01. The fourth-order valence-electron chi connectivity index (χ4n) is 1.48. The minimum absolute atomic E-state index is 0.109. The molecule has 19 heavy (non-hydrogen) atoms. The number of pyridine rings is 1. The van der Waals surface area contributed by atoms with Gasteiger partial charge in [-0.05, 0) is 13.0 Å². The number of alkyl halides is 2. The summed E-state index contributed by atoms with van der Waals surface area (Å²) in [5.74, 6) is -0.654. The third-order valence-corrected chi connectivity index (χ3v) is 2.25. The van der Waals surface area contributed by atoms with E-state index in [9.17, 15) is 13.6 Å². The van der Waals surface area contributed by atoms with Crippen molar-refractivity contribution in [2.75, 3.05) is 13.7 Å². The molecule has 0 atom stereocenters. The van der Waals surface area contributed by atoms with E-state index >= 15 is 0 Å². The van der Waals surface area contributed by atoms with Gasteiger partial charge in [0, 0.05) is 5.56 Å².